The number of aliphatic hydroxyl groups excluding tert-OH is 1. The molecule has 9 nitrogen and oxygen atoms in total. The maximum absolute atomic E-state index is 14.0. The van der Waals surface area contributed by atoms with Gasteiger partial charge in [-0.1, -0.05) is 26.0 Å². The van der Waals surface area contributed by atoms with Gasteiger partial charge in [-0.25, -0.2) is 0 Å². The van der Waals surface area contributed by atoms with Gasteiger partial charge < -0.3 is 30.1 Å². The minimum absolute atomic E-state index is 0.0417. The highest BCUT2D eigenvalue weighted by molar-refractivity contribution is 5.99. The maximum Gasteiger partial charge on any atom is 0.249 e. The van der Waals surface area contributed by atoms with Crippen LogP contribution in [0.15, 0.2) is 18.2 Å². The quantitative estimate of drug-likeness (QED) is 0.523. The lowest BCUT2D eigenvalue weighted by molar-refractivity contribution is -0.138. The first-order valence-electron chi connectivity index (χ1n) is 13.0. The Morgan fingerprint density at radius 1 is 1.25 bits per heavy atom. The second kappa shape index (κ2) is 11.4. The molecule has 0 radical (unpaired) electrons. The van der Waals surface area contributed by atoms with E-state index in [1.54, 1.807) is 13.2 Å². The Morgan fingerprint density at radius 3 is 2.61 bits per heavy atom. The van der Waals surface area contributed by atoms with Gasteiger partial charge in [0.15, 0.2) is 5.78 Å². The highest BCUT2D eigenvalue weighted by Gasteiger charge is 2.52. The van der Waals surface area contributed by atoms with Crippen molar-refractivity contribution in [1.29, 1.82) is 0 Å². The molecule has 3 aliphatic heterocycles. The van der Waals surface area contributed by atoms with E-state index in [1.807, 2.05) is 26.0 Å². The Hall–Kier alpha value is -2.33. The Balaban J connectivity index is 1.63. The number of fused-ring (bicyclic) bond motifs is 1. The number of primary amides is 1. The minimum Gasteiger partial charge on any atom is -0.388 e. The number of benzene rings is 1. The number of amides is 2. The number of hydrogen-bond donors (Lipinski definition) is 2. The predicted octanol–water partition coefficient (Wildman–Crippen LogP) is 1.28. The molecule has 9 heteroatoms. The number of carbonyl (C=O) groups excluding carboxylic acids is 3. The molecule has 4 atom stereocenters. The van der Waals surface area contributed by atoms with Crippen LogP contribution in [0.25, 0.3) is 0 Å². The summed E-state index contributed by atoms with van der Waals surface area (Å²) in [4.78, 5) is 42.8. The molecule has 0 aliphatic carbocycles. The first-order valence-corrected chi connectivity index (χ1v) is 13.0. The van der Waals surface area contributed by atoms with Gasteiger partial charge in [-0.15, -0.1) is 0 Å². The Labute approximate surface area is 212 Å². The first-order chi connectivity index (χ1) is 17.2. The zero-order chi connectivity index (χ0) is 26.0. The minimum atomic E-state index is -0.907. The van der Waals surface area contributed by atoms with E-state index in [9.17, 15) is 19.5 Å². The van der Waals surface area contributed by atoms with Gasteiger partial charge in [-0.3, -0.25) is 14.4 Å². The predicted molar refractivity (Wildman–Crippen MR) is 134 cm³/mol. The smallest absolute Gasteiger partial charge is 0.249 e. The number of ether oxygens (including phenoxy) is 2. The van der Waals surface area contributed by atoms with Gasteiger partial charge in [-0.2, -0.15) is 0 Å². The SMILES string of the molecule is COCCN1CCC(c2ccc(C(N)=O)c([C@H](CC(C)C)C(=O)N3C[C@H](O)[C@H]4OCC(=O)[C@H]43)c2)CC1. The summed E-state index contributed by atoms with van der Waals surface area (Å²) in [5.74, 6) is -1.20. The van der Waals surface area contributed by atoms with Crippen LogP contribution in [0.5, 0.6) is 0 Å². The van der Waals surface area contributed by atoms with E-state index in [2.05, 4.69) is 4.90 Å². The van der Waals surface area contributed by atoms with E-state index >= 15 is 0 Å². The number of likely N-dealkylation sites (tertiary alicyclic amines) is 2. The van der Waals surface area contributed by atoms with Gasteiger partial charge in [0.1, 0.15) is 24.9 Å². The molecular weight excluding hydrogens is 462 g/mol. The number of piperidine rings is 1. The van der Waals surface area contributed by atoms with Crippen molar-refractivity contribution in [1.82, 2.24) is 9.80 Å². The second-order valence-electron chi connectivity index (χ2n) is 10.7. The van der Waals surface area contributed by atoms with Gasteiger partial charge >= 0.3 is 0 Å². The molecule has 2 amide bonds. The van der Waals surface area contributed by atoms with Gasteiger partial charge in [0.05, 0.1) is 19.1 Å². The van der Waals surface area contributed by atoms with Crippen LogP contribution in [0.3, 0.4) is 0 Å². The number of aliphatic hydroxyl groups is 1. The van der Waals surface area contributed by atoms with Crippen LogP contribution in [0.4, 0.5) is 0 Å². The lowest BCUT2D eigenvalue weighted by Crippen LogP contribution is -2.44. The van der Waals surface area contributed by atoms with Crippen LogP contribution < -0.4 is 5.73 Å². The normalized spacial score (nSPS) is 26.0. The molecular formula is C27H39N3O6. The lowest BCUT2D eigenvalue weighted by Gasteiger charge is -2.33. The summed E-state index contributed by atoms with van der Waals surface area (Å²) in [6, 6.07) is 4.91. The first kappa shape index (κ1) is 26.7. The van der Waals surface area contributed by atoms with Crippen molar-refractivity contribution in [3.8, 4) is 0 Å². The molecule has 3 heterocycles. The third kappa shape index (κ3) is 5.49. The van der Waals surface area contributed by atoms with Gasteiger partial charge in [0.2, 0.25) is 11.8 Å². The average Bonchev–Trinajstić information content (AvgIpc) is 3.40. The van der Waals surface area contributed by atoms with Crippen molar-refractivity contribution in [2.24, 2.45) is 11.7 Å². The Kier molecular flexibility index (Phi) is 8.44. The van der Waals surface area contributed by atoms with Crippen molar-refractivity contribution < 1.29 is 29.0 Å². The van der Waals surface area contributed by atoms with E-state index in [0.29, 0.717) is 30.1 Å². The zero-order valence-corrected chi connectivity index (χ0v) is 21.5. The molecule has 3 aliphatic rings. The molecule has 0 unspecified atom stereocenters. The summed E-state index contributed by atoms with van der Waals surface area (Å²) in [5, 5.41) is 10.4. The molecule has 3 fully saturated rings. The monoisotopic (exact) mass is 501 g/mol. The molecule has 0 saturated carbocycles. The number of nitrogens with zero attached hydrogens (tertiary/aromatic N) is 2. The van der Waals surface area contributed by atoms with Crippen LogP contribution >= 0.6 is 0 Å². The van der Waals surface area contributed by atoms with Crippen LogP contribution in [0.1, 0.15) is 66.4 Å². The molecule has 198 valence electrons. The summed E-state index contributed by atoms with van der Waals surface area (Å²) in [7, 11) is 1.71. The molecule has 3 saturated heterocycles. The fourth-order valence-corrected chi connectivity index (χ4v) is 5.95. The van der Waals surface area contributed by atoms with Gasteiger partial charge in [-0.05, 0) is 61.4 Å². The summed E-state index contributed by atoms with van der Waals surface area (Å²) in [6.45, 7) is 7.53. The van der Waals surface area contributed by atoms with E-state index in [4.69, 9.17) is 15.2 Å². The van der Waals surface area contributed by atoms with Crippen molar-refractivity contribution in [2.75, 3.05) is 46.5 Å². The van der Waals surface area contributed by atoms with Crippen LogP contribution in [-0.2, 0) is 19.1 Å². The summed E-state index contributed by atoms with van der Waals surface area (Å²) in [6.07, 6.45) is 0.865. The summed E-state index contributed by atoms with van der Waals surface area (Å²) < 4.78 is 10.7. The number of Topliss-reactive ketones (excluding diaryl/α,β-unsaturated/α-hetero) is 1. The lowest BCUT2D eigenvalue weighted by atomic mass is 9.81. The standard InChI is InChI=1S/C27H39N3O6/c1-16(2)12-21(27(34)30-14-22(31)25-24(30)23(32)15-36-25)20-13-18(4-5-19(20)26(28)33)17-6-8-29(9-7-17)10-11-35-3/h4-5,13,16-17,21-22,24-25,31H,6-12,14-15H2,1-3H3,(H2,28,33)/t21-,22-,24+,25+/m0/s1. The van der Waals surface area contributed by atoms with Crippen LogP contribution in [0.2, 0.25) is 0 Å². The molecule has 4 rings (SSSR count). The number of hydrogen-bond acceptors (Lipinski definition) is 7. The number of β-amino-alcohol motifs (C(OH)–C–C–N with tert-alkyl or cyclic N) is 1. The van der Waals surface area contributed by atoms with Gasteiger partial charge in [0.25, 0.3) is 0 Å². The highest BCUT2D eigenvalue weighted by atomic mass is 16.5. The number of methoxy groups -OCH3 is 1. The average molecular weight is 502 g/mol. The van der Waals surface area contributed by atoms with E-state index in [-0.39, 0.29) is 30.8 Å². The molecule has 3 N–H and O–H groups in total. The Morgan fingerprint density at radius 2 is 1.97 bits per heavy atom. The number of nitrogens with two attached hydrogens (primary N) is 1. The van der Waals surface area contributed by atoms with Crippen molar-refractivity contribution in [2.45, 2.75) is 63.2 Å². The molecule has 1 aromatic carbocycles. The van der Waals surface area contributed by atoms with Crippen molar-refractivity contribution in [3.63, 3.8) is 0 Å². The van der Waals surface area contributed by atoms with Crippen molar-refractivity contribution in [3.05, 3.63) is 34.9 Å². The van der Waals surface area contributed by atoms with Crippen LogP contribution in [-0.4, -0.2) is 97.3 Å². The summed E-state index contributed by atoms with van der Waals surface area (Å²) >= 11 is 0. The third-order valence-corrected chi connectivity index (χ3v) is 7.83. The molecule has 0 spiro atoms. The molecule has 0 bridgehead atoms. The second-order valence-corrected chi connectivity index (χ2v) is 10.7. The number of carbonyl (C=O) groups is 3. The topological polar surface area (TPSA) is 122 Å². The fraction of sp³-hybridized carbons (Fsp3) is 0.667. The van der Waals surface area contributed by atoms with E-state index < -0.39 is 30.1 Å². The van der Waals surface area contributed by atoms with Crippen LogP contribution in [0, 0.1) is 5.92 Å². The molecule has 0 aromatic heterocycles. The van der Waals surface area contributed by atoms with E-state index in [1.165, 1.54) is 4.90 Å². The molecule has 1 aromatic rings. The fourth-order valence-electron chi connectivity index (χ4n) is 5.95. The highest BCUT2D eigenvalue weighted by Crippen LogP contribution is 2.37. The third-order valence-electron chi connectivity index (χ3n) is 7.83. The van der Waals surface area contributed by atoms with Crippen molar-refractivity contribution >= 4 is 17.6 Å². The molecule has 36 heavy (non-hydrogen) atoms. The Bertz CT molecular complexity index is 974. The zero-order valence-electron chi connectivity index (χ0n) is 21.5. The van der Waals surface area contributed by atoms with Gasteiger partial charge in [0, 0.05) is 19.2 Å². The largest absolute Gasteiger partial charge is 0.388 e. The number of ketones is 1. The summed E-state index contributed by atoms with van der Waals surface area (Å²) in [5.41, 5.74) is 7.81. The maximum atomic E-state index is 14.0. The van der Waals surface area contributed by atoms with E-state index in [0.717, 1.165) is 38.0 Å². The number of rotatable bonds is 9.